The maximum absolute atomic E-state index is 12.1. The number of hydrogen-bond donors (Lipinski definition) is 2. The Morgan fingerprint density at radius 3 is 2.68 bits per heavy atom. The Kier molecular flexibility index (Phi) is 5.91. The van der Waals surface area contributed by atoms with Crippen molar-refractivity contribution < 1.29 is 9.59 Å². The van der Waals surface area contributed by atoms with E-state index < -0.39 is 0 Å². The van der Waals surface area contributed by atoms with Crippen LogP contribution in [-0.4, -0.2) is 67.0 Å². The summed E-state index contributed by atoms with van der Waals surface area (Å²) in [5.41, 5.74) is 2.55. The molecule has 0 radical (unpaired) electrons. The first-order chi connectivity index (χ1) is 12.1. The van der Waals surface area contributed by atoms with Crippen molar-refractivity contribution in [2.24, 2.45) is 0 Å². The molecule has 2 aliphatic rings. The van der Waals surface area contributed by atoms with E-state index in [4.69, 9.17) is 0 Å². The van der Waals surface area contributed by atoms with E-state index in [-0.39, 0.29) is 11.9 Å². The number of carbonyl (C=O) groups excluding carboxylic acids is 2. The van der Waals surface area contributed by atoms with Gasteiger partial charge in [0.1, 0.15) is 0 Å². The number of benzene rings is 1. The number of piperidine rings is 1. The SMILES string of the molecule is Cc1ccccc1CCNC(=O)CN1CCC(N2CCNC2=O)CC1. The lowest BCUT2D eigenvalue weighted by molar-refractivity contribution is -0.122. The molecule has 0 aliphatic carbocycles. The van der Waals surface area contributed by atoms with Crippen LogP contribution >= 0.6 is 0 Å². The summed E-state index contributed by atoms with van der Waals surface area (Å²) in [6.07, 6.45) is 2.76. The normalized spacial score (nSPS) is 19.1. The number of rotatable bonds is 6. The van der Waals surface area contributed by atoms with E-state index in [0.717, 1.165) is 45.4 Å². The molecule has 3 rings (SSSR count). The van der Waals surface area contributed by atoms with Gasteiger partial charge in [-0.25, -0.2) is 4.79 Å². The molecule has 6 nitrogen and oxygen atoms in total. The fourth-order valence-corrected chi connectivity index (χ4v) is 3.71. The number of nitrogens with zero attached hydrogens (tertiary/aromatic N) is 2. The fraction of sp³-hybridized carbons (Fsp3) is 0.579. The van der Waals surface area contributed by atoms with Crippen molar-refractivity contribution >= 4 is 11.9 Å². The molecule has 0 unspecified atom stereocenters. The predicted molar refractivity (Wildman–Crippen MR) is 97.5 cm³/mol. The van der Waals surface area contributed by atoms with Crippen LogP contribution in [-0.2, 0) is 11.2 Å². The number of aryl methyl sites for hydroxylation is 1. The van der Waals surface area contributed by atoms with Crippen molar-refractivity contribution in [1.29, 1.82) is 0 Å². The van der Waals surface area contributed by atoms with Crippen LogP contribution in [0, 0.1) is 6.92 Å². The summed E-state index contributed by atoms with van der Waals surface area (Å²) in [6, 6.07) is 8.67. The van der Waals surface area contributed by atoms with Gasteiger partial charge in [-0.3, -0.25) is 9.69 Å². The average molecular weight is 344 g/mol. The van der Waals surface area contributed by atoms with Crippen LogP contribution < -0.4 is 10.6 Å². The third-order valence-corrected chi connectivity index (χ3v) is 5.23. The molecule has 25 heavy (non-hydrogen) atoms. The van der Waals surface area contributed by atoms with Gasteiger partial charge in [0.05, 0.1) is 6.54 Å². The quantitative estimate of drug-likeness (QED) is 0.813. The number of carbonyl (C=O) groups is 2. The zero-order valence-corrected chi connectivity index (χ0v) is 15.0. The molecule has 2 aliphatic heterocycles. The van der Waals surface area contributed by atoms with Crippen molar-refractivity contribution in [3.63, 3.8) is 0 Å². The monoisotopic (exact) mass is 344 g/mol. The minimum atomic E-state index is 0.0624. The Morgan fingerprint density at radius 2 is 2.00 bits per heavy atom. The van der Waals surface area contributed by atoms with E-state index in [1.165, 1.54) is 11.1 Å². The molecule has 0 aromatic heterocycles. The highest BCUT2D eigenvalue weighted by Crippen LogP contribution is 2.18. The Labute approximate surface area is 149 Å². The molecule has 3 amide bonds. The molecule has 136 valence electrons. The molecule has 6 heteroatoms. The van der Waals surface area contributed by atoms with Gasteiger partial charge < -0.3 is 15.5 Å². The van der Waals surface area contributed by atoms with Crippen LogP contribution in [0.1, 0.15) is 24.0 Å². The molecular formula is C19H28N4O2. The highest BCUT2D eigenvalue weighted by atomic mass is 16.2. The number of nitrogens with one attached hydrogen (secondary N) is 2. The fourth-order valence-electron chi connectivity index (χ4n) is 3.71. The summed E-state index contributed by atoms with van der Waals surface area (Å²) in [6.45, 7) is 6.53. The third kappa shape index (κ3) is 4.72. The Morgan fingerprint density at radius 1 is 1.24 bits per heavy atom. The minimum absolute atomic E-state index is 0.0624. The summed E-state index contributed by atoms with van der Waals surface area (Å²) in [5.74, 6) is 0.0888. The van der Waals surface area contributed by atoms with Gasteiger partial charge in [-0.05, 0) is 37.3 Å². The summed E-state index contributed by atoms with van der Waals surface area (Å²) in [5, 5.41) is 5.88. The van der Waals surface area contributed by atoms with Gasteiger partial charge in [0, 0.05) is 38.8 Å². The first kappa shape index (κ1) is 17.7. The second kappa shape index (κ2) is 8.34. The van der Waals surface area contributed by atoms with Crippen molar-refractivity contribution in [2.75, 3.05) is 39.3 Å². The average Bonchev–Trinajstić information content (AvgIpc) is 3.03. The van der Waals surface area contributed by atoms with Gasteiger partial charge in [0.15, 0.2) is 0 Å². The Hall–Kier alpha value is -2.08. The molecule has 2 heterocycles. The van der Waals surface area contributed by atoms with Gasteiger partial charge >= 0.3 is 6.03 Å². The summed E-state index contributed by atoms with van der Waals surface area (Å²) in [7, 11) is 0. The molecule has 0 bridgehead atoms. The Bertz CT molecular complexity index is 611. The second-order valence-electron chi connectivity index (χ2n) is 6.96. The third-order valence-electron chi connectivity index (χ3n) is 5.23. The topological polar surface area (TPSA) is 64.7 Å². The van der Waals surface area contributed by atoms with E-state index in [0.29, 0.717) is 19.1 Å². The summed E-state index contributed by atoms with van der Waals surface area (Å²) >= 11 is 0. The van der Waals surface area contributed by atoms with Crippen LogP contribution in [0.5, 0.6) is 0 Å². The molecule has 0 saturated carbocycles. The van der Waals surface area contributed by atoms with Crippen LogP contribution in [0.15, 0.2) is 24.3 Å². The highest BCUT2D eigenvalue weighted by Gasteiger charge is 2.30. The van der Waals surface area contributed by atoms with Crippen molar-refractivity contribution in [3.05, 3.63) is 35.4 Å². The van der Waals surface area contributed by atoms with E-state index in [1.54, 1.807) is 0 Å². The molecule has 1 aromatic rings. The summed E-state index contributed by atoms with van der Waals surface area (Å²) in [4.78, 5) is 28.0. The first-order valence-corrected chi connectivity index (χ1v) is 9.21. The highest BCUT2D eigenvalue weighted by molar-refractivity contribution is 5.78. The molecule has 1 aromatic carbocycles. The standard InChI is InChI=1S/C19H28N4O2/c1-15-4-2-3-5-16(15)6-9-20-18(24)14-22-11-7-17(8-12-22)23-13-10-21-19(23)25/h2-5,17H,6-14H2,1H3,(H,20,24)(H,21,25). The lowest BCUT2D eigenvalue weighted by Crippen LogP contribution is -2.48. The predicted octanol–water partition coefficient (Wildman–Crippen LogP) is 1.14. The minimum Gasteiger partial charge on any atom is -0.355 e. The lowest BCUT2D eigenvalue weighted by Gasteiger charge is -2.35. The Balaban J connectivity index is 1.35. The number of amides is 3. The number of likely N-dealkylation sites (tertiary alicyclic amines) is 1. The van der Waals surface area contributed by atoms with Gasteiger partial charge in [-0.1, -0.05) is 24.3 Å². The summed E-state index contributed by atoms with van der Waals surface area (Å²) < 4.78 is 0. The van der Waals surface area contributed by atoms with Crippen molar-refractivity contribution in [2.45, 2.75) is 32.2 Å². The van der Waals surface area contributed by atoms with Crippen LogP contribution in [0.25, 0.3) is 0 Å². The maximum Gasteiger partial charge on any atom is 0.317 e. The number of urea groups is 1. The maximum atomic E-state index is 12.1. The number of hydrogen-bond acceptors (Lipinski definition) is 3. The van der Waals surface area contributed by atoms with Crippen LogP contribution in [0.2, 0.25) is 0 Å². The van der Waals surface area contributed by atoms with E-state index in [9.17, 15) is 9.59 Å². The first-order valence-electron chi connectivity index (χ1n) is 9.21. The van der Waals surface area contributed by atoms with Gasteiger partial charge in [-0.15, -0.1) is 0 Å². The zero-order valence-electron chi connectivity index (χ0n) is 15.0. The van der Waals surface area contributed by atoms with Crippen LogP contribution in [0.4, 0.5) is 4.79 Å². The lowest BCUT2D eigenvalue weighted by atomic mass is 10.0. The van der Waals surface area contributed by atoms with Crippen LogP contribution in [0.3, 0.4) is 0 Å². The van der Waals surface area contributed by atoms with E-state index in [1.807, 2.05) is 17.0 Å². The molecule has 2 fully saturated rings. The van der Waals surface area contributed by atoms with Crippen molar-refractivity contribution in [3.8, 4) is 0 Å². The molecule has 2 N–H and O–H groups in total. The van der Waals surface area contributed by atoms with Gasteiger partial charge in [-0.2, -0.15) is 0 Å². The molecular weight excluding hydrogens is 316 g/mol. The molecule has 0 spiro atoms. The van der Waals surface area contributed by atoms with E-state index in [2.05, 4.69) is 34.6 Å². The molecule has 2 saturated heterocycles. The van der Waals surface area contributed by atoms with E-state index >= 15 is 0 Å². The van der Waals surface area contributed by atoms with Crippen molar-refractivity contribution in [1.82, 2.24) is 20.4 Å². The molecule has 0 atom stereocenters. The zero-order chi connectivity index (χ0) is 17.6. The second-order valence-corrected chi connectivity index (χ2v) is 6.96. The largest absolute Gasteiger partial charge is 0.355 e. The smallest absolute Gasteiger partial charge is 0.317 e. The van der Waals surface area contributed by atoms with Gasteiger partial charge in [0.2, 0.25) is 5.91 Å². The van der Waals surface area contributed by atoms with Gasteiger partial charge in [0.25, 0.3) is 0 Å².